The Hall–Kier alpha value is -1.28. The van der Waals surface area contributed by atoms with Crippen molar-refractivity contribution in [1.29, 1.82) is 0 Å². The molecule has 1 fully saturated rings. The van der Waals surface area contributed by atoms with Gasteiger partial charge in [-0.05, 0) is 36.8 Å². The number of aliphatic hydroxyl groups excluding tert-OH is 1. The summed E-state index contributed by atoms with van der Waals surface area (Å²) in [5.74, 6) is 0. The Morgan fingerprint density at radius 3 is 2.80 bits per heavy atom. The third kappa shape index (κ3) is 1.37. The van der Waals surface area contributed by atoms with E-state index in [0.29, 0.717) is 0 Å². The van der Waals surface area contributed by atoms with Crippen LogP contribution in [0.3, 0.4) is 0 Å². The molecule has 0 bridgehead atoms. The highest BCUT2D eigenvalue weighted by molar-refractivity contribution is 5.80. The SMILES string of the molecule is O[C@@H]1CCC[C@H]1n1ccc2ccccc21. The molecule has 78 valence electrons. The van der Waals surface area contributed by atoms with Gasteiger partial charge in [-0.15, -0.1) is 0 Å². The minimum Gasteiger partial charge on any atom is -0.391 e. The number of aliphatic hydroxyl groups is 1. The lowest BCUT2D eigenvalue weighted by atomic mass is 10.2. The number of benzene rings is 1. The third-order valence-corrected chi connectivity index (χ3v) is 3.43. The maximum absolute atomic E-state index is 9.90. The summed E-state index contributed by atoms with van der Waals surface area (Å²) < 4.78 is 2.23. The van der Waals surface area contributed by atoms with Crippen LogP contribution < -0.4 is 0 Å². The van der Waals surface area contributed by atoms with Gasteiger partial charge < -0.3 is 9.67 Å². The van der Waals surface area contributed by atoms with Gasteiger partial charge in [0.25, 0.3) is 0 Å². The van der Waals surface area contributed by atoms with Crippen molar-refractivity contribution < 1.29 is 5.11 Å². The lowest BCUT2D eigenvalue weighted by molar-refractivity contribution is 0.138. The average Bonchev–Trinajstić information content (AvgIpc) is 2.83. The van der Waals surface area contributed by atoms with E-state index in [-0.39, 0.29) is 12.1 Å². The van der Waals surface area contributed by atoms with Gasteiger partial charge in [0.1, 0.15) is 0 Å². The van der Waals surface area contributed by atoms with Crippen molar-refractivity contribution in [2.75, 3.05) is 0 Å². The van der Waals surface area contributed by atoms with Gasteiger partial charge in [0.2, 0.25) is 0 Å². The Kier molecular flexibility index (Phi) is 2.03. The summed E-state index contributed by atoms with van der Waals surface area (Å²) >= 11 is 0. The molecule has 1 aromatic carbocycles. The van der Waals surface area contributed by atoms with Crippen LogP contribution in [-0.4, -0.2) is 15.8 Å². The zero-order valence-electron chi connectivity index (χ0n) is 8.63. The van der Waals surface area contributed by atoms with Gasteiger partial charge in [0.05, 0.1) is 12.1 Å². The second-order valence-electron chi connectivity index (χ2n) is 4.35. The van der Waals surface area contributed by atoms with E-state index in [4.69, 9.17) is 0 Å². The van der Waals surface area contributed by atoms with Crippen LogP contribution >= 0.6 is 0 Å². The lowest BCUT2D eigenvalue weighted by Crippen LogP contribution is -2.17. The third-order valence-electron chi connectivity index (χ3n) is 3.43. The van der Waals surface area contributed by atoms with Crippen LogP contribution in [0.4, 0.5) is 0 Å². The molecule has 1 heterocycles. The summed E-state index contributed by atoms with van der Waals surface area (Å²) in [6.07, 6.45) is 5.11. The summed E-state index contributed by atoms with van der Waals surface area (Å²) in [5.41, 5.74) is 1.24. The number of para-hydroxylation sites is 1. The first-order valence-electron chi connectivity index (χ1n) is 5.60. The number of aromatic nitrogens is 1. The lowest BCUT2D eigenvalue weighted by Gasteiger charge is -2.17. The molecule has 2 nitrogen and oxygen atoms in total. The molecule has 0 aliphatic heterocycles. The van der Waals surface area contributed by atoms with Crippen molar-refractivity contribution in [3.63, 3.8) is 0 Å². The van der Waals surface area contributed by atoms with E-state index in [2.05, 4.69) is 41.1 Å². The van der Waals surface area contributed by atoms with Crippen LogP contribution in [0.1, 0.15) is 25.3 Å². The van der Waals surface area contributed by atoms with Crippen molar-refractivity contribution in [3.05, 3.63) is 36.5 Å². The fourth-order valence-electron chi connectivity index (χ4n) is 2.64. The van der Waals surface area contributed by atoms with Crippen molar-refractivity contribution >= 4 is 10.9 Å². The maximum Gasteiger partial charge on any atom is 0.0747 e. The molecular weight excluding hydrogens is 186 g/mol. The van der Waals surface area contributed by atoms with Crippen molar-refractivity contribution in [2.45, 2.75) is 31.4 Å². The number of fused-ring (bicyclic) bond motifs is 1. The van der Waals surface area contributed by atoms with E-state index in [0.717, 1.165) is 19.3 Å². The zero-order chi connectivity index (χ0) is 10.3. The first-order chi connectivity index (χ1) is 7.36. The fraction of sp³-hybridized carbons (Fsp3) is 0.385. The quantitative estimate of drug-likeness (QED) is 0.754. The van der Waals surface area contributed by atoms with Gasteiger partial charge in [-0.1, -0.05) is 18.2 Å². The summed E-state index contributed by atoms with van der Waals surface area (Å²) in [5, 5.41) is 11.2. The topological polar surface area (TPSA) is 25.2 Å². The van der Waals surface area contributed by atoms with E-state index in [9.17, 15) is 5.11 Å². The minimum absolute atomic E-state index is 0.166. The fourth-order valence-corrected chi connectivity index (χ4v) is 2.64. The largest absolute Gasteiger partial charge is 0.391 e. The summed E-state index contributed by atoms with van der Waals surface area (Å²) in [6.45, 7) is 0. The highest BCUT2D eigenvalue weighted by atomic mass is 16.3. The number of nitrogens with zero attached hydrogens (tertiary/aromatic N) is 1. The van der Waals surface area contributed by atoms with Gasteiger partial charge in [0, 0.05) is 11.7 Å². The predicted octanol–water partition coefficient (Wildman–Crippen LogP) is 2.73. The highest BCUT2D eigenvalue weighted by Gasteiger charge is 2.26. The van der Waals surface area contributed by atoms with Gasteiger partial charge in [0.15, 0.2) is 0 Å². The number of hydrogen-bond acceptors (Lipinski definition) is 1. The van der Waals surface area contributed by atoms with Crippen molar-refractivity contribution in [1.82, 2.24) is 4.57 Å². The van der Waals surface area contributed by atoms with Gasteiger partial charge >= 0.3 is 0 Å². The van der Waals surface area contributed by atoms with Gasteiger partial charge in [-0.3, -0.25) is 0 Å². The monoisotopic (exact) mass is 201 g/mol. The van der Waals surface area contributed by atoms with E-state index in [1.165, 1.54) is 10.9 Å². The molecule has 15 heavy (non-hydrogen) atoms. The smallest absolute Gasteiger partial charge is 0.0747 e. The Morgan fingerprint density at radius 1 is 1.13 bits per heavy atom. The molecule has 0 saturated heterocycles. The Balaban J connectivity index is 2.10. The predicted molar refractivity (Wildman–Crippen MR) is 60.8 cm³/mol. The average molecular weight is 201 g/mol. The maximum atomic E-state index is 9.90. The van der Waals surface area contributed by atoms with Crippen molar-refractivity contribution in [3.8, 4) is 0 Å². The summed E-state index contributed by atoms with van der Waals surface area (Å²) in [6, 6.07) is 10.8. The molecule has 2 aromatic rings. The first kappa shape index (κ1) is 8.98. The highest BCUT2D eigenvalue weighted by Crippen LogP contribution is 2.32. The van der Waals surface area contributed by atoms with Crippen LogP contribution in [0.25, 0.3) is 10.9 Å². The molecule has 1 saturated carbocycles. The molecule has 0 spiro atoms. The van der Waals surface area contributed by atoms with Crippen LogP contribution in [0.15, 0.2) is 36.5 Å². The Morgan fingerprint density at radius 2 is 2.00 bits per heavy atom. The molecule has 2 heteroatoms. The summed E-state index contributed by atoms with van der Waals surface area (Å²) in [7, 11) is 0. The molecular formula is C13H15NO. The van der Waals surface area contributed by atoms with Crippen LogP contribution in [-0.2, 0) is 0 Å². The zero-order valence-corrected chi connectivity index (χ0v) is 8.63. The first-order valence-corrected chi connectivity index (χ1v) is 5.60. The molecule has 1 aliphatic rings. The van der Waals surface area contributed by atoms with Gasteiger partial charge in [-0.25, -0.2) is 0 Å². The molecule has 1 aromatic heterocycles. The Labute approximate surface area is 89.1 Å². The molecule has 0 radical (unpaired) electrons. The normalized spacial score (nSPS) is 26.2. The van der Waals surface area contributed by atoms with Crippen molar-refractivity contribution in [2.24, 2.45) is 0 Å². The summed E-state index contributed by atoms with van der Waals surface area (Å²) in [4.78, 5) is 0. The molecule has 1 aliphatic carbocycles. The number of hydrogen-bond donors (Lipinski definition) is 1. The van der Waals surface area contributed by atoms with Crippen LogP contribution in [0, 0.1) is 0 Å². The van der Waals surface area contributed by atoms with E-state index in [1.807, 2.05) is 0 Å². The van der Waals surface area contributed by atoms with E-state index < -0.39 is 0 Å². The van der Waals surface area contributed by atoms with Gasteiger partial charge in [-0.2, -0.15) is 0 Å². The molecule has 1 N–H and O–H groups in total. The second-order valence-corrected chi connectivity index (χ2v) is 4.35. The van der Waals surface area contributed by atoms with Crippen LogP contribution in [0.2, 0.25) is 0 Å². The molecule has 2 atom stereocenters. The van der Waals surface area contributed by atoms with Crippen LogP contribution in [0.5, 0.6) is 0 Å². The molecule has 0 unspecified atom stereocenters. The number of rotatable bonds is 1. The Bertz CT molecular complexity index is 474. The van der Waals surface area contributed by atoms with E-state index in [1.54, 1.807) is 0 Å². The standard InChI is InChI=1S/C13H15NO/c15-13-7-3-6-12(13)14-9-8-10-4-1-2-5-11(10)14/h1-2,4-5,8-9,12-13,15H,3,6-7H2/t12-,13-/m1/s1. The molecule has 0 amide bonds. The second kappa shape index (κ2) is 3.38. The molecule has 3 rings (SSSR count). The van der Waals surface area contributed by atoms with E-state index >= 15 is 0 Å². The minimum atomic E-state index is -0.166.